The number of urea groups is 1. The van der Waals surface area contributed by atoms with Gasteiger partial charge in [-0.25, -0.2) is 4.79 Å². The van der Waals surface area contributed by atoms with Crippen molar-refractivity contribution in [3.8, 4) is 0 Å². The molecule has 1 heterocycles. The molecule has 0 aliphatic carbocycles. The van der Waals surface area contributed by atoms with E-state index in [-0.39, 0.29) is 6.03 Å². The summed E-state index contributed by atoms with van der Waals surface area (Å²) < 4.78 is 2.07. The van der Waals surface area contributed by atoms with E-state index in [4.69, 9.17) is 0 Å². The minimum atomic E-state index is -0.241. The van der Waals surface area contributed by atoms with Crippen LogP contribution in [0.4, 0.5) is 16.2 Å². The first kappa shape index (κ1) is 18.6. The summed E-state index contributed by atoms with van der Waals surface area (Å²) >= 11 is 0. The first-order chi connectivity index (χ1) is 12.0. The van der Waals surface area contributed by atoms with Crippen LogP contribution in [0.25, 0.3) is 0 Å². The van der Waals surface area contributed by atoms with Crippen molar-refractivity contribution < 1.29 is 4.79 Å². The normalized spacial score (nSPS) is 10.4. The molecule has 3 N–H and O–H groups in total. The van der Waals surface area contributed by atoms with Gasteiger partial charge >= 0.3 is 6.03 Å². The molecule has 0 spiro atoms. The second-order valence-corrected chi connectivity index (χ2v) is 5.93. The number of rotatable bonds is 8. The van der Waals surface area contributed by atoms with Crippen molar-refractivity contribution in [2.75, 3.05) is 17.2 Å². The second-order valence-electron chi connectivity index (χ2n) is 5.93. The van der Waals surface area contributed by atoms with E-state index in [1.54, 1.807) is 6.08 Å². The quantitative estimate of drug-likeness (QED) is 0.639. The highest BCUT2D eigenvalue weighted by molar-refractivity contribution is 5.89. The predicted molar refractivity (Wildman–Crippen MR) is 103 cm³/mol. The highest BCUT2D eigenvalue weighted by Crippen LogP contribution is 2.18. The number of aromatic nitrogens is 2. The van der Waals surface area contributed by atoms with Crippen molar-refractivity contribution in [3.05, 3.63) is 53.9 Å². The van der Waals surface area contributed by atoms with Gasteiger partial charge in [-0.2, -0.15) is 5.10 Å². The molecule has 0 saturated heterocycles. The van der Waals surface area contributed by atoms with Crippen LogP contribution in [-0.4, -0.2) is 22.4 Å². The fraction of sp³-hybridized carbons (Fsp3) is 0.368. The lowest BCUT2D eigenvalue weighted by molar-refractivity contribution is 0.253. The average Bonchev–Trinajstić information content (AvgIpc) is 2.86. The lowest BCUT2D eigenvalue weighted by atomic mass is 10.2. The molecule has 0 aliphatic heterocycles. The summed E-state index contributed by atoms with van der Waals surface area (Å²) in [6, 6.07) is 7.40. The van der Waals surface area contributed by atoms with Gasteiger partial charge in [-0.05, 0) is 44.5 Å². The molecule has 0 unspecified atom stereocenters. The first-order valence-electron chi connectivity index (χ1n) is 8.57. The van der Waals surface area contributed by atoms with E-state index in [1.807, 2.05) is 31.2 Å². The molecule has 2 rings (SSSR count). The Morgan fingerprint density at radius 3 is 2.56 bits per heavy atom. The maximum absolute atomic E-state index is 11.6. The van der Waals surface area contributed by atoms with Crippen LogP contribution in [0.3, 0.4) is 0 Å². The Hall–Kier alpha value is -2.76. The van der Waals surface area contributed by atoms with Gasteiger partial charge in [0, 0.05) is 42.3 Å². The van der Waals surface area contributed by atoms with Crippen LogP contribution in [0.15, 0.2) is 36.9 Å². The number of nitrogens with zero attached hydrogens (tertiary/aromatic N) is 2. The van der Waals surface area contributed by atoms with Crippen LogP contribution in [0.2, 0.25) is 0 Å². The summed E-state index contributed by atoms with van der Waals surface area (Å²) in [6.07, 6.45) is 2.71. The van der Waals surface area contributed by atoms with E-state index in [2.05, 4.69) is 46.2 Å². The summed E-state index contributed by atoms with van der Waals surface area (Å²) in [5.74, 6) is 0. The fourth-order valence-corrected chi connectivity index (χ4v) is 2.62. The smallest absolute Gasteiger partial charge is 0.319 e. The topological polar surface area (TPSA) is 71.0 Å². The fourth-order valence-electron chi connectivity index (χ4n) is 2.62. The van der Waals surface area contributed by atoms with Crippen molar-refractivity contribution in [1.82, 2.24) is 15.1 Å². The molecule has 2 amide bonds. The van der Waals surface area contributed by atoms with Gasteiger partial charge in [-0.15, -0.1) is 6.58 Å². The van der Waals surface area contributed by atoms with E-state index in [0.717, 1.165) is 36.6 Å². The molecule has 6 heteroatoms. The van der Waals surface area contributed by atoms with Crippen LogP contribution < -0.4 is 16.0 Å². The van der Waals surface area contributed by atoms with Gasteiger partial charge in [-0.1, -0.05) is 13.0 Å². The summed E-state index contributed by atoms with van der Waals surface area (Å²) in [6.45, 7) is 12.0. The van der Waals surface area contributed by atoms with Gasteiger partial charge in [0.25, 0.3) is 0 Å². The summed E-state index contributed by atoms with van der Waals surface area (Å²) in [4.78, 5) is 11.6. The molecular weight excluding hydrogens is 314 g/mol. The highest BCUT2D eigenvalue weighted by atomic mass is 16.2. The van der Waals surface area contributed by atoms with Gasteiger partial charge in [0.2, 0.25) is 0 Å². The monoisotopic (exact) mass is 341 g/mol. The van der Waals surface area contributed by atoms with Gasteiger partial charge < -0.3 is 16.0 Å². The number of carbonyl (C=O) groups excluding carboxylic acids is 1. The molecule has 134 valence electrons. The Balaban J connectivity index is 1.94. The molecule has 1 aromatic carbocycles. The standard InChI is InChI=1S/C19H27N5O/c1-5-11-20-19(25)22-17-9-7-16(8-10-17)21-13-18-14(3)23-24(12-6-2)15(18)4/h5,7-10,21H,1,6,11-13H2,2-4H3,(H2,20,22,25). The van der Waals surface area contributed by atoms with E-state index in [1.165, 1.54) is 11.3 Å². The molecule has 0 atom stereocenters. The SMILES string of the molecule is C=CCNC(=O)Nc1ccc(NCc2c(C)nn(CCC)c2C)cc1. The van der Waals surface area contributed by atoms with Crippen LogP contribution in [0.1, 0.15) is 30.3 Å². The highest BCUT2D eigenvalue weighted by Gasteiger charge is 2.10. The lowest BCUT2D eigenvalue weighted by Gasteiger charge is -2.10. The number of hydrogen-bond acceptors (Lipinski definition) is 3. The summed E-state index contributed by atoms with van der Waals surface area (Å²) in [5, 5.41) is 13.5. The molecule has 0 radical (unpaired) electrons. The number of carbonyl (C=O) groups is 1. The molecule has 0 saturated carbocycles. The van der Waals surface area contributed by atoms with Crippen molar-refractivity contribution in [1.29, 1.82) is 0 Å². The second kappa shape index (κ2) is 8.92. The minimum absolute atomic E-state index is 0.241. The maximum Gasteiger partial charge on any atom is 0.319 e. The van der Waals surface area contributed by atoms with Gasteiger partial charge in [-0.3, -0.25) is 4.68 Å². The van der Waals surface area contributed by atoms with Crippen LogP contribution in [0, 0.1) is 13.8 Å². The zero-order valence-corrected chi connectivity index (χ0v) is 15.2. The van der Waals surface area contributed by atoms with Gasteiger partial charge in [0.1, 0.15) is 0 Å². The third-order valence-electron chi connectivity index (χ3n) is 3.99. The Morgan fingerprint density at radius 2 is 1.92 bits per heavy atom. The molecular formula is C19H27N5O. The molecule has 0 aliphatic rings. The van der Waals surface area contributed by atoms with E-state index in [0.29, 0.717) is 6.54 Å². The Bertz CT molecular complexity index is 718. The van der Waals surface area contributed by atoms with E-state index < -0.39 is 0 Å². The number of amides is 2. The molecule has 0 bridgehead atoms. The molecule has 25 heavy (non-hydrogen) atoms. The van der Waals surface area contributed by atoms with Gasteiger partial charge in [0.05, 0.1) is 5.69 Å². The van der Waals surface area contributed by atoms with E-state index >= 15 is 0 Å². The van der Waals surface area contributed by atoms with E-state index in [9.17, 15) is 4.79 Å². The Morgan fingerprint density at radius 1 is 1.24 bits per heavy atom. The first-order valence-corrected chi connectivity index (χ1v) is 8.57. The zero-order chi connectivity index (χ0) is 18.2. The molecule has 2 aromatic rings. The van der Waals surface area contributed by atoms with Crippen molar-refractivity contribution in [2.45, 2.75) is 40.3 Å². The summed E-state index contributed by atoms with van der Waals surface area (Å²) in [7, 11) is 0. The third kappa shape index (κ3) is 5.11. The predicted octanol–water partition coefficient (Wildman–Crippen LogP) is 3.83. The molecule has 1 aromatic heterocycles. The van der Waals surface area contributed by atoms with Crippen LogP contribution >= 0.6 is 0 Å². The van der Waals surface area contributed by atoms with Crippen LogP contribution in [0.5, 0.6) is 0 Å². The largest absolute Gasteiger partial charge is 0.381 e. The maximum atomic E-state index is 11.6. The van der Waals surface area contributed by atoms with Crippen molar-refractivity contribution in [2.24, 2.45) is 0 Å². The number of benzene rings is 1. The Kier molecular flexibility index (Phi) is 6.62. The summed E-state index contributed by atoms with van der Waals surface area (Å²) in [5.41, 5.74) is 5.26. The van der Waals surface area contributed by atoms with Crippen molar-refractivity contribution >= 4 is 17.4 Å². The Labute approximate surface area is 149 Å². The molecule has 0 fully saturated rings. The lowest BCUT2D eigenvalue weighted by Crippen LogP contribution is -2.28. The number of hydrogen-bond donors (Lipinski definition) is 3. The van der Waals surface area contributed by atoms with Gasteiger partial charge in [0.15, 0.2) is 0 Å². The molecule has 6 nitrogen and oxygen atoms in total. The number of aryl methyl sites for hydroxylation is 2. The third-order valence-corrected chi connectivity index (χ3v) is 3.99. The van der Waals surface area contributed by atoms with Crippen molar-refractivity contribution in [3.63, 3.8) is 0 Å². The minimum Gasteiger partial charge on any atom is -0.381 e. The number of anilines is 2. The number of nitrogens with one attached hydrogen (secondary N) is 3. The average molecular weight is 341 g/mol. The zero-order valence-electron chi connectivity index (χ0n) is 15.2. The van der Waals surface area contributed by atoms with Crippen LogP contribution in [-0.2, 0) is 13.1 Å².